The maximum Gasteiger partial charge on any atom is 0.306 e. The average molecular weight is 1010 g/mol. The lowest BCUT2D eigenvalue weighted by Gasteiger charge is -2.18. The van der Waals surface area contributed by atoms with Crippen LogP contribution in [0.5, 0.6) is 0 Å². The number of allylic oxidation sites excluding steroid dienone is 10. The van der Waals surface area contributed by atoms with E-state index in [1.165, 1.54) is 186 Å². The Morgan fingerprint density at radius 3 is 0.847 bits per heavy atom. The van der Waals surface area contributed by atoms with Gasteiger partial charge in [0.2, 0.25) is 0 Å². The third-order valence-electron chi connectivity index (χ3n) is 13.8. The Morgan fingerprint density at radius 2 is 0.542 bits per heavy atom. The first-order valence-corrected chi connectivity index (χ1v) is 31.3. The molecule has 0 saturated carbocycles. The molecule has 0 heterocycles. The molecule has 0 amide bonds. The molecule has 72 heavy (non-hydrogen) atoms. The predicted octanol–water partition coefficient (Wildman–Crippen LogP) is 21.2. The number of esters is 3. The van der Waals surface area contributed by atoms with Crippen LogP contribution in [-0.4, -0.2) is 37.2 Å². The van der Waals surface area contributed by atoms with Gasteiger partial charge < -0.3 is 14.2 Å². The van der Waals surface area contributed by atoms with Gasteiger partial charge >= 0.3 is 17.9 Å². The number of hydrogen-bond acceptors (Lipinski definition) is 6. The molecule has 0 fully saturated rings. The lowest BCUT2D eigenvalue weighted by atomic mass is 10.0. The summed E-state index contributed by atoms with van der Waals surface area (Å²) in [6.07, 6.45) is 76.5. The summed E-state index contributed by atoms with van der Waals surface area (Å²) >= 11 is 0. The first-order valence-electron chi connectivity index (χ1n) is 31.3. The van der Waals surface area contributed by atoms with Gasteiger partial charge in [-0.1, -0.05) is 300 Å². The summed E-state index contributed by atoms with van der Waals surface area (Å²) in [5.74, 6) is -0.897. The van der Waals surface area contributed by atoms with Crippen molar-refractivity contribution < 1.29 is 28.6 Å². The Hall–Kier alpha value is -2.89. The molecule has 0 aliphatic rings. The number of ether oxygens (including phenoxy) is 3. The predicted molar refractivity (Wildman–Crippen MR) is 312 cm³/mol. The minimum Gasteiger partial charge on any atom is -0.462 e. The quantitative estimate of drug-likeness (QED) is 0.0261. The average Bonchev–Trinajstić information content (AvgIpc) is 3.38. The third-order valence-corrected chi connectivity index (χ3v) is 13.8. The van der Waals surface area contributed by atoms with E-state index in [1.54, 1.807) is 0 Å². The Morgan fingerprint density at radius 1 is 0.292 bits per heavy atom. The molecule has 0 aromatic carbocycles. The van der Waals surface area contributed by atoms with E-state index in [1.807, 2.05) is 0 Å². The van der Waals surface area contributed by atoms with E-state index in [2.05, 4.69) is 81.5 Å². The maximum absolute atomic E-state index is 12.9. The van der Waals surface area contributed by atoms with Crippen molar-refractivity contribution in [3.63, 3.8) is 0 Å². The fourth-order valence-electron chi connectivity index (χ4n) is 9.12. The van der Waals surface area contributed by atoms with E-state index in [0.29, 0.717) is 19.3 Å². The van der Waals surface area contributed by atoms with Gasteiger partial charge in [-0.3, -0.25) is 14.4 Å². The number of hydrogen-bond donors (Lipinski definition) is 0. The molecule has 0 rings (SSSR count). The van der Waals surface area contributed by atoms with Crippen molar-refractivity contribution in [3.8, 4) is 0 Å². The smallest absolute Gasteiger partial charge is 0.306 e. The van der Waals surface area contributed by atoms with Crippen LogP contribution in [0.2, 0.25) is 0 Å². The minimum atomic E-state index is -0.789. The molecule has 0 N–H and O–H groups in total. The van der Waals surface area contributed by atoms with Gasteiger partial charge in [-0.25, -0.2) is 0 Å². The molecule has 0 aliphatic carbocycles. The molecule has 1 unspecified atom stereocenters. The van der Waals surface area contributed by atoms with E-state index in [9.17, 15) is 14.4 Å². The van der Waals surface area contributed by atoms with Gasteiger partial charge in [0.25, 0.3) is 0 Å². The zero-order chi connectivity index (χ0) is 52.2. The lowest BCUT2D eigenvalue weighted by Crippen LogP contribution is -2.30. The van der Waals surface area contributed by atoms with Gasteiger partial charge in [-0.2, -0.15) is 0 Å². The lowest BCUT2D eigenvalue weighted by molar-refractivity contribution is -0.167. The molecule has 0 aromatic heterocycles. The van der Waals surface area contributed by atoms with Crippen LogP contribution in [0, 0.1) is 0 Å². The van der Waals surface area contributed by atoms with Gasteiger partial charge in [-0.15, -0.1) is 0 Å². The maximum atomic E-state index is 12.9. The molecule has 0 spiro atoms. The second kappa shape index (κ2) is 60.7. The highest BCUT2D eigenvalue weighted by molar-refractivity contribution is 5.71. The molecular weight excluding hydrogens is 889 g/mol. The van der Waals surface area contributed by atoms with Crippen LogP contribution < -0.4 is 0 Å². The molecule has 6 heteroatoms. The number of unbranched alkanes of at least 4 members (excludes halogenated alkanes) is 36. The van der Waals surface area contributed by atoms with Crippen molar-refractivity contribution in [1.82, 2.24) is 0 Å². The summed E-state index contributed by atoms with van der Waals surface area (Å²) < 4.78 is 16.9. The summed E-state index contributed by atoms with van der Waals surface area (Å²) in [5.41, 5.74) is 0. The molecule has 1 atom stereocenters. The van der Waals surface area contributed by atoms with Gasteiger partial charge in [0.15, 0.2) is 6.10 Å². The van der Waals surface area contributed by atoms with Crippen molar-refractivity contribution in [1.29, 1.82) is 0 Å². The first kappa shape index (κ1) is 69.1. The van der Waals surface area contributed by atoms with Crippen molar-refractivity contribution >= 4 is 17.9 Å². The number of carbonyl (C=O) groups excluding carboxylic acids is 3. The third kappa shape index (κ3) is 58.0. The van der Waals surface area contributed by atoms with Crippen molar-refractivity contribution in [2.45, 2.75) is 329 Å². The van der Waals surface area contributed by atoms with Crippen LogP contribution in [0.3, 0.4) is 0 Å². The van der Waals surface area contributed by atoms with Crippen LogP contribution in [0.1, 0.15) is 323 Å². The highest BCUT2D eigenvalue weighted by atomic mass is 16.6. The van der Waals surface area contributed by atoms with Crippen LogP contribution in [-0.2, 0) is 28.6 Å². The summed E-state index contributed by atoms with van der Waals surface area (Å²) in [6.45, 7) is 6.55. The summed E-state index contributed by atoms with van der Waals surface area (Å²) in [6, 6.07) is 0. The molecule has 6 nitrogen and oxygen atoms in total. The standard InChI is InChI=1S/C66H118O6/c1-4-7-10-13-16-19-22-25-27-29-31-32-33-35-36-38-41-44-47-50-53-56-59-65(68)71-62-63(61-70-64(67)58-55-52-49-46-43-40-24-21-18-15-12-9-6-3)72-66(69)60-57-54-51-48-45-42-39-37-34-30-28-26-23-20-17-14-11-8-5-2/h8,11,17,20,26,28,34,37,42,45,63H,4-7,9-10,12-16,18-19,21-25,27,29-33,35-36,38-41,43-44,46-62H2,1-3H3/b11-8-,20-17-,28-26-,37-34-,45-42-. The minimum absolute atomic E-state index is 0.0834. The summed E-state index contributed by atoms with van der Waals surface area (Å²) in [5, 5.41) is 0. The highest BCUT2D eigenvalue weighted by Crippen LogP contribution is 2.17. The van der Waals surface area contributed by atoms with Gasteiger partial charge in [-0.05, 0) is 64.2 Å². The normalized spacial score (nSPS) is 12.4. The molecular formula is C66H118O6. The first-order chi connectivity index (χ1) is 35.5. The second-order valence-electron chi connectivity index (χ2n) is 21.0. The van der Waals surface area contributed by atoms with Crippen LogP contribution in [0.4, 0.5) is 0 Å². The summed E-state index contributed by atoms with van der Waals surface area (Å²) in [4.78, 5) is 38.2. The van der Waals surface area contributed by atoms with E-state index < -0.39 is 6.10 Å². The fraction of sp³-hybridized carbons (Fsp3) is 0.803. The molecule has 418 valence electrons. The highest BCUT2D eigenvalue weighted by Gasteiger charge is 2.19. The van der Waals surface area contributed by atoms with Crippen molar-refractivity contribution in [2.24, 2.45) is 0 Å². The summed E-state index contributed by atoms with van der Waals surface area (Å²) in [7, 11) is 0. The Labute approximate surface area is 447 Å². The van der Waals surface area contributed by atoms with Crippen LogP contribution in [0.25, 0.3) is 0 Å². The molecule has 0 saturated heterocycles. The van der Waals surface area contributed by atoms with E-state index in [0.717, 1.165) is 96.3 Å². The van der Waals surface area contributed by atoms with Gasteiger partial charge in [0.1, 0.15) is 13.2 Å². The van der Waals surface area contributed by atoms with Gasteiger partial charge in [0, 0.05) is 19.3 Å². The molecule has 0 radical (unpaired) electrons. The van der Waals surface area contributed by atoms with Crippen LogP contribution >= 0.6 is 0 Å². The SMILES string of the molecule is CC/C=C\C/C=C\C/C=C\C/C=C\C/C=C\CCCCCC(=O)OC(COC(=O)CCCCCCCCCCCCCCC)COC(=O)CCCCCCCCCCCCCCCCCCCCCCCC. The Bertz CT molecular complexity index is 1290. The second-order valence-corrected chi connectivity index (χ2v) is 21.0. The van der Waals surface area contributed by atoms with E-state index in [4.69, 9.17) is 14.2 Å². The zero-order valence-electron chi connectivity index (χ0n) is 47.9. The molecule has 0 aromatic rings. The van der Waals surface area contributed by atoms with E-state index >= 15 is 0 Å². The molecule has 0 aliphatic heterocycles. The topological polar surface area (TPSA) is 78.9 Å². The number of carbonyl (C=O) groups is 3. The van der Waals surface area contributed by atoms with Gasteiger partial charge in [0.05, 0.1) is 0 Å². The van der Waals surface area contributed by atoms with E-state index in [-0.39, 0.29) is 31.1 Å². The number of rotatable bonds is 57. The van der Waals surface area contributed by atoms with Crippen LogP contribution in [0.15, 0.2) is 60.8 Å². The Balaban J connectivity index is 4.34. The monoisotopic (exact) mass is 1010 g/mol. The van der Waals surface area contributed by atoms with Crippen molar-refractivity contribution in [3.05, 3.63) is 60.8 Å². The Kier molecular flexibility index (Phi) is 58.2. The molecule has 0 bridgehead atoms. The fourth-order valence-corrected chi connectivity index (χ4v) is 9.12. The van der Waals surface area contributed by atoms with Crippen molar-refractivity contribution in [2.75, 3.05) is 13.2 Å². The zero-order valence-corrected chi connectivity index (χ0v) is 47.9. The largest absolute Gasteiger partial charge is 0.462 e.